The number of fused-ring (bicyclic) bond motifs is 1. The number of phenolic OH excluding ortho intramolecular Hbond substituents is 1. The van der Waals surface area contributed by atoms with Crippen LogP contribution in [0.3, 0.4) is 0 Å². The van der Waals surface area contributed by atoms with Crippen LogP contribution in [-0.4, -0.2) is 26.3 Å². The van der Waals surface area contributed by atoms with E-state index in [4.69, 9.17) is 9.94 Å². The number of carbonyl (C=O) groups is 1. The number of benzene rings is 2. The topological polar surface area (TPSA) is 142 Å². The summed E-state index contributed by atoms with van der Waals surface area (Å²) in [6.45, 7) is 0. The second kappa shape index (κ2) is 6.47. The van der Waals surface area contributed by atoms with E-state index in [0.29, 0.717) is 5.56 Å². The van der Waals surface area contributed by atoms with Crippen LogP contribution in [0, 0.1) is 10.1 Å². The quantitative estimate of drug-likeness (QED) is 0.371. The minimum atomic E-state index is -1.91. The largest absolute Gasteiger partial charge is 0.508 e. The van der Waals surface area contributed by atoms with Gasteiger partial charge in [0.15, 0.2) is 0 Å². The van der Waals surface area contributed by atoms with E-state index in [-0.39, 0.29) is 28.3 Å². The molecule has 1 amide bonds. The highest BCUT2D eigenvalue weighted by Gasteiger charge is 2.42. The van der Waals surface area contributed by atoms with Crippen molar-refractivity contribution < 1.29 is 29.9 Å². The molecule has 0 bridgehead atoms. The van der Waals surface area contributed by atoms with Gasteiger partial charge < -0.3 is 14.9 Å². The van der Waals surface area contributed by atoms with Crippen molar-refractivity contribution in [1.82, 2.24) is 5.48 Å². The van der Waals surface area contributed by atoms with E-state index in [9.17, 15) is 25.1 Å². The van der Waals surface area contributed by atoms with Crippen molar-refractivity contribution in [2.75, 3.05) is 0 Å². The highest BCUT2D eigenvalue weighted by molar-refractivity contribution is 5.85. The molecule has 9 nitrogen and oxygen atoms in total. The summed E-state index contributed by atoms with van der Waals surface area (Å²) in [6.07, 6.45) is 0.632. The van der Waals surface area contributed by atoms with Gasteiger partial charge in [0.2, 0.25) is 5.91 Å². The number of hydrogen-bond acceptors (Lipinski definition) is 7. The van der Waals surface area contributed by atoms with Gasteiger partial charge in [-0.2, -0.15) is 0 Å². The fourth-order valence-electron chi connectivity index (χ4n) is 2.84. The van der Waals surface area contributed by atoms with Crippen molar-refractivity contribution in [3.63, 3.8) is 0 Å². The SMILES string of the molecule is O=C(CC1(O)C(c2ccc(O)cc2)=COc2cc([N+](=O)[O-])ccc21)NO. The van der Waals surface area contributed by atoms with Crippen LogP contribution in [0.4, 0.5) is 5.69 Å². The van der Waals surface area contributed by atoms with Crippen LogP contribution in [0.25, 0.3) is 5.57 Å². The number of rotatable bonds is 4. The second-order valence-electron chi connectivity index (χ2n) is 5.71. The minimum Gasteiger partial charge on any atom is -0.508 e. The Balaban J connectivity index is 2.14. The molecule has 1 heterocycles. The number of nitrogens with one attached hydrogen (secondary N) is 1. The van der Waals surface area contributed by atoms with E-state index in [2.05, 4.69) is 0 Å². The molecule has 4 N–H and O–H groups in total. The summed E-state index contributed by atoms with van der Waals surface area (Å²) in [7, 11) is 0. The van der Waals surface area contributed by atoms with Gasteiger partial charge in [-0.25, -0.2) is 5.48 Å². The van der Waals surface area contributed by atoms with Gasteiger partial charge in [0.25, 0.3) is 5.69 Å². The number of ether oxygens (including phenoxy) is 1. The average Bonchev–Trinajstić information content (AvgIpc) is 2.62. The number of hydroxylamine groups is 1. The van der Waals surface area contributed by atoms with Gasteiger partial charge in [0, 0.05) is 17.2 Å². The first-order chi connectivity index (χ1) is 12.3. The first-order valence-corrected chi connectivity index (χ1v) is 7.46. The number of amides is 1. The molecule has 0 fully saturated rings. The summed E-state index contributed by atoms with van der Waals surface area (Å²) in [5.74, 6) is -0.822. The summed E-state index contributed by atoms with van der Waals surface area (Å²) in [6, 6.07) is 9.45. The Morgan fingerprint density at radius 1 is 1.23 bits per heavy atom. The van der Waals surface area contributed by atoms with Crippen LogP contribution in [0.1, 0.15) is 17.5 Å². The number of aromatic hydroxyl groups is 1. The predicted molar refractivity (Wildman–Crippen MR) is 88.3 cm³/mol. The summed E-state index contributed by atoms with van der Waals surface area (Å²) in [5.41, 5.74) is 0.108. The molecule has 1 atom stereocenters. The van der Waals surface area contributed by atoms with Gasteiger partial charge >= 0.3 is 0 Å². The summed E-state index contributed by atoms with van der Waals surface area (Å²) >= 11 is 0. The monoisotopic (exact) mass is 358 g/mol. The van der Waals surface area contributed by atoms with Crippen LogP contribution >= 0.6 is 0 Å². The summed E-state index contributed by atoms with van der Waals surface area (Å²) in [5, 5.41) is 40.5. The van der Waals surface area contributed by atoms with E-state index in [1.165, 1.54) is 48.1 Å². The minimum absolute atomic E-state index is 0.0127. The standard InChI is InChI=1S/C17H14N2O7/c20-12-4-1-10(2-5-12)14-9-26-15-7-11(19(24)25)3-6-13(15)17(14,22)8-16(21)18-23/h1-7,9,20,22-23H,8H2,(H,18,21). The maximum absolute atomic E-state index is 11.8. The number of non-ortho nitro benzene ring substituents is 1. The van der Waals surface area contributed by atoms with Crippen molar-refractivity contribution in [3.05, 3.63) is 70.0 Å². The Labute approximate surface area is 146 Å². The van der Waals surface area contributed by atoms with Gasteiger partial charge in [-0.3, -0.25) is 20.1 Å². The summed E-state index contributed by atoms with van der Waals surface area (Å²) in [4.78, 5) is 22.1. The Morgan fingerprint density at radius 3 is 2.54 bits per heavy atom. The smallest absolute Gasteiger partial charge is 0.273 e. The molecular weight excluding hydrogens is 344 g/mol. The molecule has 1 aliphatic rings. The Morgan fingerprint density at radius 2 is 1.92 bits per heavy atom. The average molecular weight is 358 g/mol. The van der Waals surface area contributed by atoms with Crippen LogP contribution in [-0.2, 0) is 10.4 Å². The van der Waals surface area contributed by atoms with Crippen molar-refractivity contribution in [2.24, 2.45) is 0 Å². The zero-order chi connectivity index (χ0) is 18.9. The zero-order valence-electron chi connectivity index (χ0n) is 13.2. The first kappa shape index (κ1) is 17.4. The molecule has 1 aliphatic heterocycles. The molecule has 0 aromatic heterocycles. The number of hydrogen-bond donors (Lipinski definition) is 4. The molecule has 2 aromatic carbocycles. The van der Waals surface area contributed by atoms with Gasteiger partial charge in [-0.15, -0.1) is 0 Å². The van der Waals surface area contributed by atoms with Gasteiger partial charge in [0.05, 0.1) is 23.7 Å². The van der Waals surface area contributed by atoms with E-state index < -0.39 is 22.9 Å². The maximum Gasteiger partial charge on any atom is 0.273 e. The van der Waals surface area contributed by atoms with Gasteiger partial charge in [0.1, 0.15) is 17.1 Å². The normalized spacial score (nSPS) is 18.3. The molecule has 0 saturated heterocycles. The number of nitrogens with zero attached hydrogens (tertiary/aromatic N) is 1. The third-order valence-corrected chi connectivity index (χ3v) is 4.09. The molecule has 134 valence electrons. The van der Waals surface area contributed by atoms with Crippen LogP contribution < -0.4 is 10.2 Å². The molecule has 9 heteroatoms. The van der Waals surface area contributed by atoms with E-state index >= 15 is 0 Å². The molecule has 3 rings (SSSR count). The van der Waals surface area contributed by atoms with Crippen LogP contribution in [0.15, 0.2) is 48.7 Å². The molecule has 0 saturated carbocycles. The lowest BCUT2D eigenvalue weighted by atomic mass is 9.78. The van der Waals surface area contributed by atoms with Crippen LogP contribution in [0.2, 0.25) is 0 Å². The fraction of sp³-hybridized carbons (Fsp3) is 0.118. The third-order valence-electron chi connectivity index (χ3n) is 4.09. The fourth-order valence-corrected chi connectivity index (χ4v) is 2.84. The number of nitro groups is 1. The van der Waals surface area contributed by atoms with Crippen molar-refractivity contribution in [3.8, 4) is 11.5 Å². The zero-order valence-corrected chi connectivity index (χ0v) is 13.2. The Hall–Kier alpha value is -3.43. The predicted octanol–water partition coefficient (Wildman–Crippen LogP) is 1.82. The second-order valence-corrected chi connectivity index (χ2v) is 5.71. The molecule has 0 aliphatic carbocycles. The van der Waals surface area contributed by atoms with Gasteiger partial charge in [-0.05, 0) is 23.8 Å². The number of carbonyl (C=O) groups excluding carboxylic acids is 1. The lowest BCUT2D eigenvalue weighted by molar-refractivity contribution is -0.385. The van der Waals surface area contributed by atoms with Crippen molar-refractivity contribution in [1.29, 1.82) is 0 Å². The molecule has 0 spiro atoms. The van der Waals surface area contributed by atoms with Crippen molar-refractivity contribution in [2.45, 2.75) is 12.0 Å². The number of nitro benzene ring substituents is 1. The van der Waals surface area contributed by atoms with E-state index in [0.717, 1.165) is 6.07 Å². The van der Waals surface area contributed by atoms with Crippen LogP contribution in [0.5, 0.6) is 11.5 Å². The lowest BCUT2D eigenvalue weighted by Gasteiger charge is -2.34. The highest BCUT2D eigenvalue weighted by atomic mass is 16.6. The molecule has 2 aromatic rings. The first-order valence-electron chi connectivity index (χ1n) is 7.46. The Kier molecular flexibility index (Phi) is 4.33. The number of phenols is 1. The molecule has 0 radical (unpaired) electrons. The van der Waals surface area contributed by atoms with E-state index in [1.54, 1.807) is 0 Å². The van der Waals surface area contributed by atoms with Gasteiger partial charge in [-0.1, -0.05) is 12.1 Å². The van der Waals surface area contributed by atoms with E-state index in [1.807, 2.05) is 0 Å². The molecule has 1 unspecified atom stereocenters. The lowest BCUT2D eigenvalue weighted by Crippen LogP contribution is -2.37. The Bertz CT molecular complexity index is 908. The van der Waals surface area contributed by atoms with Crippen molar-refractivity contribution >= 4 is 17.2 Å². The maximum atomic E-state index is 11.8. The molecular formula is C17H14N2O7. The summed E-state index contributed by atoms with van der Waals surface area (Å²) < 4.78 is 5.44. The highest BCUT2D eigenvalue weighted by Crippen LogP contribution is 2.47. The molecule has 26 heavy (non-hydrogen) atoms. The third kappa shape index (κ3) is 2.96. The number of aliphatic hydroxyl groups is 1.